The van der Waals surface area contributed by atoms with Crippen molar-refractivity contribution in [2.75, 3.05) is 13.7 Å². The Labute approximate surface area is 89.9 Å². The average molecular weight is 207 g/mol. The van der Waals surface area contributed by atoms with Gasteiger partial charge in [-0.2, -0.15) is 0 Å². The Morgan fingerprint density at radius 3 is 2.67 bits per heavy atom. The van der Waals surface area contributed by atoms with Gasteiger partial charge in [-0.3, -0.25) is 0 Å². The molecule has 15 heavy (non-hydrogen) atoms. The maximum Gasteiger partial charge on any atom is 0.124 e. The molecule has 1 saturated carbocycles. The van der Waals surface area contributed by atoms with E-state index in [0.29, 0.717) is 6.54 Å². The average Bonchev–Trinajstić information content (AvgIpc) is 3.09. The van der Waals surface area contributed by atoms with Crippen LogP contribution in [-0.4, -0.2) is 18.8 Å². The molecule has 0 heterocycles. The molecule has 0 amide bonds. The standard InChI is InChI=1S/C12H17NO2/c1-15-10-5-3-2-4-9(10)11(14)12(8-13)6-7-12/h2-5,11,14H,6-8,13H2,1H3. The highest BCUT2D eigenvalue weighted by molar-refractivity contribution is 5.37. The first-order chi connectivity index (χ1) is 7.23. The minimum atomic E-state index is -0.501. The van der Waals surface area contributed by atoms with Crippen LogP contribution in [0.15, 0.2) is 24.3 Å². The molecule has 0 aromatic heterocycles. The first-order valence-electron chi connectivity index (χ1n) is 5.24. The Balaban J connectivity index is 2.29. The number of aliphatic hydroxyl groups excluding tert-OH is 1. The van der Waals surface area contributed by atoms with E-state index in [2.05, 4.69) is 0 Å². The van der Waals surface area contributed by atoms with E-state index in [1.54, 1.807) is 7.11 Å². The molecule has 1 fully saturated rings. The third kappa shape index (κ3) is 1.73. The smallest absolute Gasteiger partial charge is 0.124 e. The quantitative estimate of drug-likeness (QED) is 0.786. The number of rotatable bonds is 4. The maximum atomic E-state index is 10.3. The first kappa shape index (κ1) is 10.5. The molecule has 3 heteroatoms. The van der Waals surface area contributed by atoms with Gasteiger partial charge in [0.15, 0.2) is 0 Å². The third-order valence-corrected chi connectivity index (χ3v) is 3.31. The number of hydrogen-bond acceptors (Lipinski definition) is 3. The second-order valence-electron chi connectivity index (χ2n) is 4.21. The highest BCUT2D eigenvalue weighted by Gasteiger charge is 2.48. The molecule has 1 aliphatic carbocycles. The van der Waals surface area contributed by atoms with Crippen LogP contribution in [0.1, 0.15) is 24.5 Å². The molecule has 3 nitrogen and oxygen atoms in total. The van der Waals surface area contributed by atoms with E-state index in [4.69, 9.17) is 10.5 Å². The number of benzene rings is 1. The van der Waals surface area contributed by atoms with Gasteiger partial charge in [-0.15, -0.1) is 0 Å². The molecule has 82 valence electrons. The van der Waals surface area contributed by atoms with Gasteiger partial charge in [0.05, 0.1) is 13.2 Å². The van der Waals surface area contributed by atoms with Crippen LogP contribution in [0.25, 0.3) is 0 Å². The molecule has 0 radical (unpaired) electrons. The number of methoxy groups -OCH3 is 1. The van der Waals surface area contributed by atoms with Crippen molar-refractivity contribution in [3.05, 3.63) is 29.8 Å². The van der Waals surface area contributed by atoms with Crippen molar-refractivity contribution in [2.45, 2.75) is 18.9 Å². The van der Waals surface area contributed by atoms with Crippen LogP contribution in [0.4, 0.5) is 0 Å². The summed E-state index contributed by atoms with van der Waals surface area (Å²) in [6, 6.07) is 7.58. The zero-order valence-electron chi connectivity index (χ0n) is 8.94. The van der Waals surface area contributed by atoms with Crippen molar-refractivity contribution in [3.63, 3.8) is 0 Å². The Morgan fingerprint density at radius 2 is 2.13 bits per heavy atom. The number of nitrogens with two attached hydrogens (primary N) is 1. The number of para-hydroxylation sites is 1. The zero-order valence-corrected chi connectivity index (χ0v) is 8.94. The van der Waals surface area contributed by atoms with Gasteiger partial charge >= 0.3 is 0 Å². The minimum absolute atomic E-state index is 0.103. The molecule has 1 aliphatic rings. The van der Waals surface area contributed by atoms with Crippen molar-refractivity contribution < 1.29 is 9.84 Å². The van der Waals surface area contributed by atoms with Crippen molar-refractivity contribution in [3.8, 4) is 5.75 Å². The summed E-state index contributed by atoms with van der Waals surface area (Å²) in [6.07, 6.45) is 1.50. The van der Waals surface area contributed by atoms with Crippen LogP contribution in [0.5, 0.6) is 5.75 Å². The molecule has 1 aromatic rings. The van der Waals surface area contributed by atoms with Gasteiger partial charge in [0.1, 0.15) is 5.75 Å². The fraction of sp³-hybridized carbons (Fsp3) is 0.500. The lowest BCUT2D eigenvalue weighted by atomic mass is 9.92. The molecule has 1 aromatic carbocycles. The highest BCUT2D eigenvalue weighted by atomic mass is 16.5. The summed E-state index contributed by atoms with van der Waals surface area (Å²) in [5.74, 6) is 0.740. The lowest BCUT2D eigenvalue weighted by Gasteiger charge is -2.22. The van der Waals surface area contributed by atoms with E-state index in [9.17, 15) is 5.11 Å². The molecule has 1 unspecified atom stereocenters. The van der Waals surface area contributed by atoms with Crippen LogP contribution in [-0.2, 0) is 0 Å². The van der Waals surface area contributed by atoms with Gasteiger partial charge in [0.25, 0.3) is 0 Å². The lowest BCUT2D eigenvalue weighted by molar-refractivity contribution is 0.0947. The van der Waals surface area contributed by atoms with Crippen molar-refractivity contribution in [1.29, 1.82) is 0 Å². The second kappa shape index (κ2) is 3.83. The van der Waals surface area contributed by atoms with E-state index in [1.807, 2.05) is 24.3 Å². The van der Waals surface area contributed by atoms with Gasteiger partial charge in [0, 0.05) is 17.5 Å². The SMILES string of the molecule is COc1ccccc1C(O)C1(CN)CC1. The number of ether oxygens (including phenoxy) is 1. The first-order valence-corrected chi connectivity index (χ1v) is 5.24. The van der Waals surface area contributed by atoms with Crippen LogP contribution in [0.2, 0.25) is 0 Å². The predicted octanol–water partition coefficient (Wildman–Crippen LogP) is 1.47. The van der Waals surface area contributed by atoms with Gasteiger partial charge in [-0.25, -0.2) is 0 Å². The Morgan fingerprint density at radius 1 is 1.47 bits per heavy atom. The predicted molar refractivity (Wildman–Crippen MR) is 58.7 cm³/mol. The van der Waals surface area contributed by atoms with Gasteiger partial charge in [0.2, 0.25) is 0 Å². The van der Waals surface area contributed by atoms with Gasteiger partial charge in [-0.05, 0) is 18.9 Å². The Hall–Kier alpha value is -1.06. The molecule has 0 spiro atoms. The normalized spacial score (nSPS) is 19.7. The molecule has 1 atom stereocenters. The molecule has 0 saturated heterocycles. The highest BCUT2D eigenvalue weighted by Crippen LogP contribution is 2.55. The third-order valence-electron chi connectivity index (χ3n) is 3.31. The minimum Gasteiger partial charge on any atom is -0.496 e. The summed E-state index contributed by atoms with van der Waals surface area (Å²) in [6.45, 7) is 0.534. The van der Waals surface area contributed by atoms with E-state index in [-0.39, 0.29) is 5.41 Å². The molecular weight excluding hydrogens is 190 g/mol. The second-order valence-corrected chi connectivity index (χ2v) is 4.21. The summed E-state index contributed by atoms with van der Waals surface area (Å²) >= 11 is 0. The fourth-order valence-corrected chi connectivity index (χ4v) is 1.97. The Bertz CT molecular complexity index is 347. The van der Waals surface area contributed by atoms with E-state index in [1.165, 1.54) is 0 Å². The van der Waals surface area contributed by atoms with Crippen LogP contribution >= 0.6 is 0 Å². The van der Waals surface area contributed by atoms with E-state index < -0.39 is 6.10 Å². The zero-order chi connectivity index (χ0) is 10.9. The molecule has 2 rings (SSSR count). The number of hydrogen-bond donors (Lipinski definition) is 2. The maximum absolute atomic E-state index is 10.3. The summed E-state index contributed by atoms with van der Waals surface area (Å²) in [4.78, 5) is 0. The van der Waals surface area contributed by atoms with Crippen molar-refractivity contribution >= 4 is 0 Å². The van der Waals surface area contributed by atoms with Gasteiger partial charge < -0.3 is 15.6 Å². The molecular formula is C12H17NO2. The van der Waals surface area contributed by atoms with Crippen molar-refractivity contribution in [1.82, 2.24) is 0 Å². The Kier molecular flexibility index (Phi) is 2.67. The lowest BCUT2D eigenvalue weighted by Crippen LogP contribution is -2.23. The summed E-state index contributed by atoms with van der Waals surface area (Å²) in [5.41, 5.74) is 6.45. The largest absolute Gasteiger partial charge is 0.496 e. The fourth-order valence-electron chi connectivity index (χ4n) is 1.97. The van der Waals surface area contributed by atoms with Crippen LogP contribution < -0.4 is 10.5 Å². The monoisotopic (exact) mass is 207 g/mol. The number of aliphatic hydroxyl groups is 1. The molecule has 3 N–H and O–H groups in total. The van der Waals surface area contributed by atoms with E-state index in [0.717, 1.165) is 24.2 Å². The topological polar surface area (TPSA) is 55.5 Å². The summed E-state index contributed by atoms with van der Waals surface area (Å²) < 4.78 is 5.23. The van der Waals surface area contributed by atoms with Crippen LogP contribution in [0, 0.1) is 5.41 Å². The summed E-state index contributed by atoms with van der Waals surface area (Å²) in [7, 11) is 1.62. The molecule has 0 bridgehead atoms. The molecule has 0 aliphatic heterocycles. The van der Waals surface area contributed by atoms with Gasteiger partial charge in [-0.1, -0.05) is 18.2 Å². The van der Waals surface area contributed by atoms with Crippen LogP contribution in [0.3, 0.4) is 0 Å². The van der Waals surface area contributed by atoms with E-state index >= 15 is 0 Å². The summed E-state index contributed by atoms with van der Waals surface area (Å²) in [5, 5.41) is 10.3. The van der Waals surface area contributed by atoms with Crippen molar-refractivity contribution in [2.24, 2.45) is 11.1 Å².